The lowest BCUT2D eigenvalue weighted by atomic mass is 9.99. The Morgan fingerprint density at radius 3 is 2.39 bits per heavy atom. The summed E-state index contributed by atoms with van der Waals surface area (Å²) in [5.74, 6) is -0.885. The van der Waals surface area contributed by atoms with Gasteiger partial charge in [0.25, 0.3) is 0 Å². The number of aliphatic hydroxyl groups is 1. The van der Waals surface area contributed by atoms with Gasteiger partial charge in [-0.15, -0.1) is 6.58 Å². The van der Waals surface area contributed by atoms with Crippen LogP contribution in [0.25, 0.3) is 0 Å². The summed E-state index contributed by atoms with van der Waals surface area (Å²) >= 11 is 0. The Kier molecular flexibility index (Phi) is 12.0. The molecule has 2 saturated heterocycles. The number of hydrogen-bond donors (Lipinski definition) is 3. The van der Waals surface area contributed by atoms with E-state index in [0.717, 1.165) is 42.4 Å². The maximum atomic E-state index is 14.0. The number of amides is 2. The lowest BCUT2D eigenvalue weighted by Crippen LogP contribution is -2.49. The molecule has 0 radical (unpaired) electrons. The molecule has 11 heteroatoms. The molecule has 2 aromatic rings. The van der Waals surface area contributed by atoms with Crippen LogP contribution in [0.4, 0.5) is 19.3 Å². The van der Waals surface area contributed by atoms with Crippen LogP contribution in [0.1, 0.15) is 82.2 Å². The second kappa shape index (κ2) is 16.0. The normalized spacial score (nSPS) is 22.8. The van der Waals surface area contributed by atoms with Gasteiger partial charge in [-0.1, -0.05) is 25.5 Å². The van der Waals surface area contributed by atoms with Gasteiger partial charge in [0.05, 0.1) is 24.9 Å². The minimum atomic E-state index is -1.03. The van der Waals surface area contributed by atoms with Crippen LogP contribution in [0.5, 0.6) is 0 Å². The number of anilines is 1. The number of carbonyl (C=O) groups excluding carboxylic acids is 2. The lowest BCUT2D eigenvalue weighted by molar-refractivity contribution is -0.122. The van der Waals surface area contributed by atoms with E-state index in [2.05, 4.69) is 40.3 Å². The molecule has 0 spiro atoms. The summed E-state index contributed by atoms with van der Waals surface area (Å²) in [6, 6.07) is 8.83. The van der Waals surface area contributed by atoms with E-state index in [9.17, 15) is 23.5 Å². The summed E-state index contributed by atoms with van der Waals surface area (Å²) in [6.45, 7) is 15.0. The molecule has 2 amide bonds. The highest BCUT2D eigenvalue weighted by Gasteiger charge is 2.43. The van der Waals surface area contributed by atoms with Gasteiger partial charge >= 0.3 is 6.09 Å². The van der Waals surface area contributed by atoms with Crippen LogP contribution in [0.3, 0.4) is 0 Å². The standard InChI is InChI=1S/C38H52F2N4O5/c1-6-8-9-36(46)42-33(15-24-13-27(39)16-28(40)14-24)34(45)19-41-32-18-35(48-12-7-2)30-11-10-29(17-31(30)32)43-20-25-22-44(23-26(25)21-43)37(47)49-38(3,4)5/h7,10-11,13-14,16-17,25-26,32-35,41,45H,2,6,8-9,12,15,18-23H2,1,3-5H3,(H,42,46)/t25?,26?,32-,33-,34+,35+/m0/s1. The fourth-order valence-corrected chi connectivity index (χ4v) is 7.32. The predicted molar refractivity (Wildman–Crippen MR) is 185 cm³/mol. The van der Waals surface area contributed by atoms with E-state index in [4.69, 9.17) is 9.47 Å². The monoisotopic (exact) mass is 682 g/mol. The molecule has 2 fully saturated rings. The third-order valence-electron chi connectivity index (χ3n) is 9.68. The first-order valence-corrected chi connectivity index (χ1v) is 17.6. The Morgan fingerprint density at radius 2 is 1.76 bits per heavy atom. The van der Waals surface area contributed by atoms with Crippen molar-refractivity contribution >= 4 is 17.7 Å². The molecule has 1 aliphatic carbocycles. The zero-order chi connectivity index (χ0) is 35.3. The van der Waals surface area contributed by atoms with E-state index < -0.39 is 29.4 Å². The number of fused-ring (bicyclic) bond motifs is 2. The Morgan fingerprint density at radius 1 is 1.06 bits per heavy atom. The number of likely N-dealkylation sites (tertiary alicyclic amines) is 1. The molecule has 9 nitrogen and oxygen atoms in total. The number of aliphatic hydroxyl groups excluding tert-OH is 1. The minimum Gasteiger partial charge on any atom is -0.444 e. The first-order valence-electron chi connectivity index (χ1n) is 17.6. The summed E-state index contributed by atoms with van der Waals surface area (Å²) in [7, 11) is 0. The highest BCUT2D eigenvalue weighted by molar-refractivity contribution is 5.76. The van der Waals surface area contributed by atoms with Gasteiger partial charge in [-0.2, -0.15) is 0 Å². The van der Waals surface area contributed by atoms with Gasteiger partial charge in [-0.3, -0.25) is 4.79 Å². The first kappa shape index (κ1) is 36.7. The van der Waals surface area contributed by atoms with E-state index in [1.807, 2.05) is 32.6 Å². The topological polar surface area (TPSA) is 103 Å². The maximum Gasteiger partial charge on any atom is 0.410 e. The Bertz CT molecular complexity index is 1450. The van der Waals surface area contributed by atoms with Gasteiger partial charge in [0.2, 0.25) is 5.91 Å². The number of carbonyl (C=O) groups is 2. The van der Waals surface area contributed by atoms with E-state index >= 15 is 0 Å². The number of rotatable bonds is 14. The molecule has 0 saturated carbocycles. The Hall–Kier alpha value is -3.54. The SMILES string of the molecule is C=CCO[C@@H]1C[C@H](NC[C@@H](O)[C@H](Cc2cc(F)cc(F)c2)NC(=O)CCCC)c2cc(N3CC4CN(C(=O)OC(C)(C)C)CC4C3)ccc21. The minimum absolute atomic E-state index is 0.0779. The second-order valence-corrected chi connectivity index (χ2v) is 14.8. The Labute approximate surface area is 289 Å². The van der Waals surface area contributed by atoms with Crippen LogP contribution in [0, 0.1) is 23.5 Å². The number of nitrogens with zero attached hydrogens (tertiary/aromatic N) is 2. The van der Waals surface area contributed by atoms with Gasteiger partial charge in [0, 0.05) is 68.8 Å². The number of unbranched alkanes of at least 4 members (excludes halogenated alkanes) is 1. The van der Waals surface area contributed by atoms with Crippen molar-refractivity contribution in [3.8, 4) is 0 Å². The smallest absolute Gasteiger partial charge is 0.410 e. The van der Waals surface area contributed by atoms with Crippen LogP contribution in [-0.4, -0.2) is 79.1 Å². The average molecular weight is 683 g/mol. The second-order valence-electron chi connectivity index (χ2n) is 14.8. The van der Waals surface area contributed by atoms with Crippen molar-refractivity contribution < 1.29 is 33.0 Å². The highest BCUT2D eigenvalue weighted by Crippen LogP contribution is 2.44. The highest BCUT2D eigenvalue weighted by atomic mass is 19.1. The quantitative estimate of drug-likeness (QED) is 0.216. The molecule has 3 aliphatic rings. The maximum absolute atomic E-state index is 14.0. The van der Waals surface area contributed by atoms with Gasteiger partial charge < -0.3 is 35.0 Å². The number of ether oxygens (including phenoxy) is 2. The van der Waals surface area contributed by atoms with Gasteiger partial charge in [0.15, 0.2) is 0 Å². The zero-order valence-electron chi connectivity index (χ0n) is 29.2. The third-order valence-corrected chi connectivity index (χ3v) is 9.68. The molecule has 49 heavy (non-hydrogen) atoms. The van der Waals surface area contributed by atoms with E-state index in [0.29, 0.717) is 56.4 Å². The predicted octanol–water partition coefficient (Wildman–Crippen LogP) is 5.82. The average Bonchev–Trinajstić information content (AvgIpc) is 3.72. The summed E-state index contributed by atoms with van der Waals surface area (Å²) < 4.78 is 39.7. The fourth-order valence-electron chi connectivity index (χ4n) is 7.32. The van der Waals surface area contributed by atoms with Crippen molar-refractivity contribution in [2.45, 2.75) is 89.7 Å². The first-order chi connectivity index (χ1) is 23.3. The molecule has 268 valence electrons. The number of hydrogen-bond acceptors (Lipinski definition) is 7. The van der Waals surface area contributed by atoms with Gasteiger partial charge in [-0.25, -0.2) is 13.6 Å². The van der Waals surface area contributed by atoms with Gasteiger partial charge in [-0.05, 0) is 81.0 Å². The van der Waals surface area contributed by atoms with Crippen molar-refractivity contribution in [2.24, 2.45) is 11.8 Å². The molecule has 3 N–H and O–H groups in total. The Balaban J connectivity index is 1.27. The summed E-state index contributed by atoms with van der Waals surface area (Å²) in [4.78, 5) is 29.6. The molecule has 2 aromatic carbocycles. The number of nitrogens with one attached hydrogen (secondary N) is 2. The number of halogens is 2. The molecule has 6 atom stereocenters. The zero-order valence-corrected chi connectivity index (χ0v) is 29.2. The summed E-state index contributed by atoms with van der Waals surface area (Å²) in [5.41, 5.74) is 3.09. The molecule has 0 bridgehead atoms. The van der Waals surface area contributed by atoms with E-state index in [-0.39, 0.29) is 37.1 Å². The molecule has 0 aromatic heterocycles. The van der Waals surface area contributed by atoms with Crippen molar-refractivity contribution in [3.05, 3.63) is 77.4 Å². The molecule has 2 unspecified atom stereocenters. The lowest BCUT2D eigenvalue weighted by Gasteiger charge is -2.27. The van der Waals surface area contributed by atoms with Crippen molar-refractivity contribution in [1.29, 1.82) is 0 Å². The van der Waals surface area contributed by atoms with Crippen LogP contribution in [0.2, 0.25) is 0 Å². The molecule has 2 aliphatic heterocycles. The van der Waals surface area contributed by atoms with Crippen LogP contribution >= 0.6 is 0 Å². The van der Waals surface area contributed by atoms with Crippen molar-refractivity contribution in [1.82, 2.24) is 15.5 Å². The molecule has 5 rings (SSSR count). The van der Waals surface area contributed by atoms with Crippen molar-refractivity contribution in [3.63, 3.8) is 0 Å². The van der Waals surface area contributed by atoms with Crippen LogP contribution < -0.4 is 15.5 Å². The summed E-state index contributed by atoms with van der Waals surface area (Å²) in [5, 5.41) is 17.8. The van der Waals surface area contributed by atoms with E-state index in [1.165, 1.54) is 12.1 Å². The van der Waals surface area contributed by atoms with E-state index in [1.54, 1.807) is 6.08 Å². The van der Waals surface area contributed by atoms with Gasteiger partial charge in [0.1, 0.15) is 17.2 Å². The molecular weight excluding hydrogens is 630 g/mol. The van der Waals surface area contributed by atoms with Crippen LogP contribution in [-0.2, 0) is 20.7 Å². The largest absolute Gasteiger partial charge is 0.444 e. The number of benzene rings is 2. The fraction of sp³-hybridized carbons (Fsp3) is 0.579. The third kappa shape index (κ3) is 9.58. The van der Waals surface area contributed by atoms with Crippen molar-refractivity contribution in [2.75, 3.05) is 44.2 Å². The molecular formula is C38H52F2N4O5. The van der Waals surface area contributed by atoms with Crippen LogP contribution in [0.15, 0.2) is 49.1 Å². The molecule has 2 heterocycles. The summed E-state index contributed by atoms with van der Waals surface area (Å²) in [6.07, 6.45) is 2.88.